The summed E-state index contributed by atoms with van der Waals surface area (Å²) in [4.78, 5) is 11.8. The van der Waals surface area contributed by atoms with Crippen molar-refractivity contribution in [3.05, 3.63) is 0 Å². The predicted octanol–water partition coefficient (Wildman–Crippen LogP) is 2.92. The van der Waals surface area contributed by atoms with Gasteiger partial charge in [0.15, 0.2) is 0 Å². The monoisotopic (exact) mass is 228 g/mol. The molecule has 1 fully saturated rings. The van der Waals surface area contributed by atoms with E-state index in [9.17, 15) is 4.79 Å². The zero-order valence-corrected chi connectivity index (χ0v) is 10.7. The van der Waals surface area contributed by atoms with Crippen molar-refractivity contribution in [2.24, 2.45) is 5.92 Å². The maximum absolute atomic E-state index is 11.8. The van der Waals surface area contributed by atoms with Crippen molar-refractivity contribution in [3.63, 3.8) is 0 Å². The van der Waals surface area contributed by atoms with Crippen molar-refractivity contribution < 1.29 is 14.3 Å². The number of esters is 1. The molecule has 16 heavy (non-hydrogen) atoms. The minimum atomic E-state index is -0.0215. The number of hydrogen-bond acceptors (Lipinski definition) is 3. The van der Waals surface area contributed by atoms with E-state index < -0.39 is 0 Å². The molecule has 2 atom stereocenters. The van der Waals surface area contributed by atoms with Crippen LogP contribution in [0.3, 0.4) is 0 Å². The van der Waals surface area contributed by atoms with Crippen LogP contribution >= 0.6 is 0 Å². The van der Waals surface area contributed by atoms with E-state index in [1.54, 1.807) is 7.11 Å². The van der Waals surface area contributed by atoms with Crippen LogP contribution in [0.15, 0.2) is 0 Å². The predicted molar refractivity (Wildman–Crippen MR) is 63.2 cm³/mol. The summed E-state index contributed by atoms with van der Waals surface area (Å²) >= 11 is 0. The highest BCUT2D eigenvalue weighted by molar-refractivity contribution is 5.72. The van der Waals surface area contributed by atoms with Crippen molar-refractivity contribution in [2.75, 3.05) is 7.11 Å². The zero-order valence-electron chi connectivity index (χ0n) is 10.7. The van der Waals surface area contributed by atoms with Gasteiger partial charge in [0.25, 0.3) is 0 Å². The molecule has 0 heterocycles. The lowest BCUT2D eigenvalue weighted by atomic mass is 9.94. The Morgan fingerprint density at radius 3 is 2.44 bits per heavy atom. The van der Waals surface area contributed by atoms with Crippen molar-refractivity contribution in [1.29, 1.82) is 0 Å². The maximum atomic E-state index is 11.8. The minimum Gasteiger partial charge on any atom is -0.462 e. The van der Waals surface area contributed by atoms with Crippen molar-refractivity contribution >= 4 is 5.97 Å². The highest BCUT2D eigenvalue weighted by atomic mass is 16.5. The van der Waals surface area contributed by atoms with Gasteiger partial charge in [-0.15, -0.1) is 0 Å². The molecule has 3 nitrogen and oxygen atoms in total. The molecule has 0 bridgehead atoms. The largest absolute Gasteiger partial charge is 0.462 e. The third-order valence-electron chi connectivity index (χ3n) is 3.51. The Bertz CT molecular complexity index is 211. The Morgan fingerprint density at radius 2 is 1.88 bits per heavy atom. The molecule has 3 heteroatoms. The van der Waals surface area contributed by atoms with Gasteiger partial charge in [0.1, 0.15) is 6.10 Å². The fraction of sp³-hybridized carbons (Fsp3) is 0.923. The fourth-order valence-electron chi connectivity index (χ4n) is 2.31. The molecule has 2 unspecified atom stereocenters. The summed E-state index contributed by atoms with van der Waals surface area (Å²) < 4.78 is 10.9. The second-order valence-electron chi connectivity index (χ2n) is 4.60. The van der Waals surface area contributed by atoms with Crippen molar-refractivity contribution in [3.8, 4) is 0 Å². The lowest BCUT2D eigenvalue weighted by Crippen LogP contribution is -2.31. The van der Waals surface area contributed by atoms with E-state index in [1.807, 2.05) is 13.8 Å². The summed E-state index contributed by atoms with van der Waals surface area (Å²) in [5, 5.41) is 0. The van der Waals surface area contributed by atoms with Crippen LogP contribution in [0.4, 0.5) is 0 Å². The maximum Gasteiger partial charge on any atom is 0.309 e. The summed E-state index contributed by atoms with van der Waals surface area (Å²) in [6.07, 6.45) is 6.13. The molecule has 1 rings (SSSR count). The van der Waals surface area contributed by atoms with E-state index in [-0.39, 0.29) is 24.1 Å². The van der Waals surface area contributed by atoms with Crippen LogP contribution in [0.1, 0.15) is 52.4 Å². The van der Waals surface area contributed by atoms with E-state index in [1.165, 1.54) is 0 Å². The lowest BCUT2D eigenvalue weighted by molar-refractivity contribution is -0.157. The summed E-state index contributed by atoms with van der Waals surface area (Å²) in [5.41, 5.74) is 0. The van der Waals surface area contributed by atoms with Gasteiger partial charge in [0.2, 0.25) is 0 Å². The third-order valence-corrected chi connectivity index (χ3v) is 3.51. The van der Waals surface area contributed by atoms with Crippen LogP contribution in [-0.4, -0.2) is 25.3 Å². The molecule has 0 N–H and O–H groups in total. The first-order valence-corrected chi connectivity index (χ1v) is 6.44. The van der Waals surface area contributed by atoms with Crippen LogP contribution < -0.4 is 0 Å². The normalized spacial score (nSPS) is 25.8. The molecular weight excluding hydrogens is 204 g/mol. The van der Waals surface area contributed by atoms with Crippen LogP contribution in [0.5, 0.6) is 0 Å². The van der Waals surface area contributed by atoms with Crippen LogP contribution in [0, 0.1) is 5.92 Å². The van der Waals surface area contributed by atoms with Gasteiger partial charge in [0.05, 0.1) is 12.0 Å². The average molecular weight is 228 g/mol. The molecule has 0 aromatic carbocycles. The summed E-state index contributed by atoms with van der Waals surface area (Å²) in [6, 6.07) is 0. The Hall–Kier alpha value is -0.570. The fourth-order valence-corrected chi connectivity index (χ4v) is 2.31. The van der Waals surface area contributed by atoms with Gasteiger partial charge in [0, 0.05) is 13.5 Å². The lowest BCUT2D eigenvalue weighted by Gasteiger charge is -2.28. The van der Waals surface area contributed by atoms with E-state index in [0.717, 1.165) is 38.5 Å². The summed E-state index contributed by atoms with van der Waals surface area (Å²) in [7, 11) is 1.73. The second kappa shape index (κ2) is 6.89. The number of carbonyl (C=O) groups is 1. The van der Waals surface area contributed by atoms with Gasteiger partial charge in [-0.3, -0.25) is 4.79 Å². The standard InChI is InChI=1S/C13H24O3/c1-4-10(5-2)13(14)16-12-8-6-7-11(9-12)15-3/h10-12H,4-9H2,1-3H3. The quantitative estimate of drug-likeness (QED) is 0.679. The molecule has 1 aliphatic carbocycles. The van der Waals surface area contributed by atoms with Crippen molar-refractivity contribution in [1.82, 2.24) is 0 Å². The first-order valence-electron chi connectivity index (χ1n) is 6.44. The molecule has 0 amide bonds. The van der Waals surface area contributed by atoms with Gasteiger partial charge in [-0.05, 0) is 32.1 Å². The topological polar surface area (TPSA) is 35.5 Å². The smallest absolute Gasteiger partial charge is 0.309 e. The molecule has 0 aromatic heterocycles. The average Bonchev–Trinajstić information content (AvgIpc) is 2.31. The first kappa shape index (κ1) is 13.5. The summed E-state index contributed by atoms with van der Waals surface area (Å²) in [6.45, 7) is 4.07. The number of ether oxygens (including phenoxy) is 2. The SMILES string of the molecule is CCC(CC)C(=O)OC1CCCC(OC)C1. The number of rotatable bonds is 5. The molecule has 0 radical (unpaired) electrons. The molecule has 0 spiro atoms. The van der Waals surface area contributed by atoms with E-state index >= 15 is 0 Å². The molecule has 94 valence electrons. The van der Waals surface area contributed by atoms with Crippen molar-refractivity contribution in [2.45, 2.75) is 64.6 Å². The van der Waals surface area contributed by atoms with E-state index in [0.29, 0.717) is 0 Å². The Morgan fingerprint density at radius 1 is 1.25 bits per heavy atom. The number of methoxy groups -OCH3 is 1. The molecule has 0 saturated heterocycles. The number of hydrogen-bond donors (Lipinski definition) is 0. The number of carbonyl (C=O) groups excluding carboxylic acids is 1. The van der Waals surface area contributed by atoms with Crippen LogP contribution in [0.2, 0.25) is 0 Å². The van der Waals surface area contributed by atoms with Crippen LogP contribution in [0.25, 0.3) is 0 Å². The van der Waals surface area contributed by atoms with Gasteiger partial charge in [-0.2, -0.15) is 0 Å². The highest BCUT2D eigenvalue weighted by Crippen LogP contribution is 2.24. The van der Waals surface area contributed by atoms with Gasteiger partial charge in [-0.1, -0.05) is 13.8 Å². The molecule has 0 aromatic rings. The van der Waals surface area contributed by atoms with Gasteiger partial charge >= 0.3 is 5.97 Å². The van der Waals surface area contributed by atoms with E-state index in [4.69, 9.17) is 9.47 Å². The van der Waals surface area contributed by atoms with E-state index in [2.05, 4.69) is 0 Å². The molecule has 1 aliphatic rings. The highest BCUT2D eigenvalue weighted by Gasteiger charge is 2.26. The Balaban J connectivity index is 2.38. The van der Waals surface area contributed by atoms with Gasteiger partial charge in [-0.25, -0.2) is 0 Å². The minimum absolute atomic E-state index is 0.0215. The summed E-state index contributed by atoms with van der Waals surface area (Å²) in [5.74, 6) is 0.0506. The molecular formula is C13H24O3. The Kier molecular flexibility index (Phi) is 5.81. The Labute approximate surface area is 98.5 Å². The zero-order chi connectivity index (χ0) is 12.0. The molecule has 0 aliphatic heterocycles. The molecule has 1 saturated carbocycles. The van der Waals surface area contributed by atoms with Gasteiger partial charge < -0.3 is 9.47 Å². The van der Waals surface area contributed by atoms with Crippen LogP contribution in [-0.2, 0) is 14.3 Å². The third kappa shape index (κ3) is 3.78. The first-order chi connectivity index (χ1) is 7.71. The second-order valence-corrected chi connectivity index (χ2v) is 4.60.